The van der Waals surface area contributed by atoms with Crippen LogP contribution >= 0.6 is 15.2 Å². The first-order valence-electron chi connectivity index (χ1n) is 7.19. The van der Waals surface area contributed by atoms with Crippen LogP contribution in [0.3, 0.4) is 0 Å². The van der Waals surface area contributed by atoms with Gasteiger partial charge in [0.1, 0.15) is 0 Å². The first-order chi connectivity index (χ1) is 9.96. The summed E-state index contributed by atoms with van der Waals surface area (Å²) < 4.78 is 23.9. The Morgan fingerprint density at radius 3 is 1.22 bits per heavy atom. The largest absolute Gasteiger partial charge is 0.335 e. The molecule has 23 heavy (non-hydrogen) atoms. The van der Waals surface area contributed by atoms with Crippen molar-refractivity contribution in [2.75, 3.05) is 0 Å². The highest BCUT2D eigenvalue weighted by Crippen LogP contribution is 2.61. The van der Waals surface area contributed by atoms with Gasteiger partial charge >= 0.3 is 15.2 Å². The molecule has 1 rings (SSSR count). The van der Waals surface area contributed by atoms with Crippen LogP contribution in [0.1, 0.15) is 55.5 Å². The lowest BCUT2D eigenvalue weighted by molar-refractivity contribution is 0.336. The number of aryl methyl sites for hydroxylation is 2. The summed E-state index contributed by atoms with van der Waals surface area (Å²) in [6, 6.07) is 1.73. The van der Waals surface area contributed by atoms with Gasteiger partial charge in [-0.05, 0) is 76.3 Å². The van der Waals surface area contributed by atoms with Crippen molar-refractivity contribution >= 4 is 15.2 Å². The van der Waals surface area contributed by atoms with Crippen molar-refractivity contribution in [1.29, 1.82) is 0 Å². The lowest BCUT2D eigenvalue weighted by Gasteiger charge is -2.35. The molecule has 0 aliphatic rings. The van der Waals surface area contributed by atoms with Gasteiger partial charge in [-0.3, -0.25) is 9.13 Å². The normalized spacial score (nSPS) is 14.2. The predicted molar refractivity (Wildman–Crippen MR) is 90.8 cm³/mol. The highest BCUT2D eigenvalue weighted by atomic mass is 31.2. The van der Waals surface area contributed by atoms with Gasteiger partial charge in [-0.1, -0.05) is 6.07 Å². The molecule has 1 aromatic rings. The number of hydrogen-bond donors (Lipinski definition) is 4. The molecule has 0 heterocycles. The zero-order valence-corrected chi connectivity index (χ0v) is 16.4. The average Bonchev–Trinajstić information content (AvgIpc) is 2.23. The van der Waals surface area contributed by atoms with Gasteiger partial charge in [0.25, 0.3) is 0 Å². The molecule has 6 nitrogen and oxygen atoms in total. The highest BCUT2D eigenvalue weighted by molar-refractivity contribution is 7.53. The summed E-state index contributed by atoms with van der Waals surface area (Å²) in [6.07, 6.45) is 0. The minimum Gasteiger partial charge on any atom is -0.324 e. The van der Waals surface area contributed by atoms with Crippen molar-refractivity contribution in [2.45, 2.75) is 58.8 Å². The Morgan fingerprint density at radius 1 is 0.739 bits per heavy atom. The van der Waals surface area contributed by atoms with E-state index in [-0.39, 0.29) is 0 Å². The molecule has 132 valence electrons. The summed E-state index contributed by atoms with van der Waals surface area (Å²) in [4.78, 5) is 38.9. The van der Waals surface area contributed by atoms with Crippen LogP contribution in [0.2, 0.25) is 0 Å². The summed E-state index contributed by atoms with van der Waals surface area (Å²) >= 11 is 0. The molecule has 0 bridgehead atoms. The van der Waals surface area contributed by atoms with E-state index in [1.165, 1.54) is 27.7 Å². The van der Waals surface area contributed by atoms with E-state index in [0.29, 0.717) is 27.8 Å². The van der Waals surface area contributed by atoms with Crippen LogP contribution in [0.4, 0.5) is 0 Å². The van der Waals surface area contributed by atoms with Gasteiger partial charge in [0.05, 0.1) is 10.3 Å². The van der Waals surface area contributed by atoms with Crippen molar-refractivity contribution in [3.63, 3.8) is 0 Å². The molecular weight excluding hydrogens is 338 g/mol. The van der Waals surface area contributed by atoms with E-state index in [2.05, 4.69) is 0 Å². The quantitative estimate of drug-likeness (QED) is 0.609. The fourth-order valence-electron chi connectivity index (χ4n) is 3.36. The van der Waals surface area contributed by atoms with Crippen LogP contribution in [0, 0.1) is 20.8 Å². The summed E-state index contributed by atoms with van der Waals surface area (Å²) in [5, 5.41) is -2.90. The Bertz CT molecular complexity index is 666. The number of rotatable bonds is 4. The molecule has 0 atom stereocenters. The molecule has 0 saturated heterocycles. The molecule has 0 amide bonds. The molecule has 4 N–H and O–H groups in total. The predicted octanol–water partition coefficient (Wildman–Crippen LogP) is 3.44. The Hall–Kier alpha value is -0.480. The van der Waals surface area contributed by atoms with Crippen LogP contribution in [0.5, 0.6) is 0 Å². The van der Waals surface area contributed by atoms with Gasteiger partial charge in [-0.2, -0.15) is 0 Å². The van der Waals surface area contributed by atoms with E-state index in [1.807, 2.05) is 0 Å². The van der Waals surface area contributed by atoms with Gasteiger partial charge in [0.15, 0.2) is 0 Å². The van der Waals surface area contributed by atoms with Crippen LogP contribution in [-0.2, 0) is 19.4 Å². The second-order valence-corrected chi connectivity index (χ2v) is 11.5. The van der Waals surface area contributed by atoms with Crippen molar-refractivity contribution in [2.24, 2.45) is 0 Å². The molecule has 0 saturated carbocycles. The SMILES string of the molecule is Cc1cc(C)c(C(C)(C)P(=O)(O)O)c(C)c1C(C)(C)P(=O)(O)O. The first kappa shape index (κ1) is 20.6. The van der Waals surface area contributed by atoms with Crippen molar-refractivity contribution < 1.29 is 28.7 Å². The van der Waals surface area contributed by atoms with Crippen molar-refractivity contribution in [3.05, 3.63) is 33.9 Å². The summed E-state index contributed by atoms with van der Waals surface area (Å²) in [7, 11) is -8.93. The molecule has 0 aliphatic heterocycles. The standard InChI is InChI=1S/C15H26O6P2/c1-9-8-10(2)13(15(6,7)23(19,20)21)11(3)12(9)14(4,5)22(16,17)18/h8H,1-7H3,(H2,16,17,18)(H2,19,20,21). The van der Waals surface area contributed by atoms with Crippen LogP contribution in [0.15, 0.2) is 6.07 Å². The van der Waals surface area contributed by atoms with Gasteiger partial charge in [0, 0.05) is 0 Å². The summed E-state index contributed by atoms with van der Waals surface area (Å²) in [6.45, 7) is 11.0. The first-order valence-corrected chi connectivity index (χ1v) is 10.4. The van der Waals surface area contributed by atoms with Crippen molar-refractivity contribution in [1.82, 2.24) is 0 Å². The molecule has 0 aliphatic carbocycles. The molecule has 0 unspecified atom stereocenters. The second-order valence-electron chi connectivity index (χ2n) is 7.09. The fraction of sp³-hybridized carbons (Fsp3) is 0.600. The summed E-state index contributed by atoms with van der Waals surface area (Å²) in [5.74, 6) is 0. The zero-order valence-electron chi connectivity index (χ0n) is 14.6. The minimum atomic E-state index is -4.47. The molecule has 8 heteroatoms. The fourth-order valence-corrected chi connectivity index (χ4v) is 4.63. The van der Waals surface area contributed by atoms with E-state index in [9.17, 15) is 28.7 Å². The monoisotopic (exact) mass is 364 g/mol. The number of hydrogen-bond acceptors (Lipinski definition) is 2. The third-order valence-corrected chi connectivity index (χ3v) is 8.01. The average molecular weight is 364 g/mol. The van der Waals surface area contributed by atoms with Gasteiger partial charge in [-0.15, -0.1) is 0 Å². The molecule has 0 aromatic heterocycles. The molecule has 0 spiro atoms. The molecule has 1 aromatic carbocycles. The Balaban J connectivity index is 3.92. The maximum absolute atomic E-state index is 11.9. The molecule has 0 radical (unpaired) electrons. The molecular formula is C15H26O6P2. The lowest BCUT2D eigenvalue weighted by Crippen LogP contribution is -2.26. The third kappa shape index (κ3) is 3.34. The zero-order chi connectivity index (χ0) is 18.6. The second kappa shape index (κ2) is 5.80. The smallest absolute Gasteiger partial charge is 0.324 e. The topological polar surface area (TPSA) is 115 Å². The lowest BCUT2D eigenvalue weighted by atomic mass is 9.83. The Labute approximate surface area is 137 Å². The Morgan fingerprint density at radius 2 is 1.00 bits per heavy atom. The highest BCUT2D eigenvalue weighted by Gasteiger charge is 2.46. The van der Waals surface area contributed by atoms with Crippen LogP contribution in [0.25, 0.3) is 0 Å². The van der Waals surface area contributed by atoms with Gasteiger partial charge in [0.2, 0.25) is 0 Å². The van der Waals surface area contributed by atoms with E-state index in [1.54, 1.807) is 26.8 Å². The van der Waals surface area contributed by atoms with Gasteiger partial charge < -0.3 is 19.6 Å². The molecule has 0 fully saturated rings. The van der Waals surface area contributed by atoms with Crippen LogP contribution < -0.4 is 0 Å². The van der Waals surface area contributed by atoms with Crippen molar-refractivity contribution in [3.8, 4) is 0 Å². The van der Waals surface area contributed by atoms with Gasteiger partial charge in [-0.25, -0.2) is 0 Å². The van der Waals surface area contributed by atoms with E-state index in [4.69, 9.17) is 0 Å². The Kier molecular flexibility index (Phi) is 5.19. The maximum atomic E-state index is 11.9. The van der Waals surface area contributed by atoms with E-state index < -0.39 is 25.5 Å². The third-order valence-electron chi connectivity index (χ3n) is 4.65. The van der Waals surface area contributed by atoms with E-state index >= 15 is 0 Å². The maximum Gasteiger partial charge on any atom is 0.335 e. The summed E-state index contributed by atoms with van der Waals surface area (Å²) in [5.41, 5.74) is 2.78. The van der Waals surface area contributed by atoms with Crippen LogP contribution in [-0.4, -0.2) is 19.6 Å². The number of benzene rings is 1. The minimum absolute atomic E-state index is 0.438. The van der Waals surface area contributed by atoms with E-state index in [0.717, 1.165) is 0 Å².